The van der Waals surface area contributed by atoms with Gasteiger partial charge in [0, 0.05) is 35.6 Å². The van der Waals surface area contributed by atoms with Crippen LogP contribution in [0.3, 0.4) is 0 Å². The Morgan fingerprint density at radius 2 is 1.81 bits per heavy atom. The third-order valence-electron chi connectivity index (χ3n) is 4.64. The molecule has 0 saturated carbocycles. The molecule has 5 nitrogen and oxygen atoms in total. The van der Waals surface area contributed by atoms with Gasteiger partial charge in [-0.15, -0.1) is 11.3 Å². The van der Waals surface area contributed by atoms with E-state index in [9.17, 15) is 4.79 Å². The van der Waals surface area contributed by atoms with Crippen LogP contribution in [0.4, 0.5) is 5.13 Å². The van der Waals surface area contributed by atoms with Crippen LogP contribution in [-0.4, -0.2) is 33.4 Å². The van der Waals surface area contributed by atoms with Crippen molar-refractivity contribution in [2.75, 3.05) is 18.4 Å². The van der Waals surface area contributed by atoms with E-state index in [0.717, 1.165) is 31.0 Å². The highest BCUT2D eigenvalue weighted by molar-refractivity contribution is 7.13. The summed E-state index contributed by atoms with van der Waals surface area (Å²) in [6, 6.07) is 11.5. The van der Waals surface area contributed by atoms with E-state index in [-0.39, 0.29) is 5.91 Å². The van der Waals surface area contributed by atoms with Crippen molar-refractivity contribution >= 4 is 22.4 Å². The second-order valence-electron chi connectivity index (χ2n) is 6.57. The lowest BCUT2D eigenvalue weighted by Crippen LogP contribution is -2.29. The highest BCUT2D eigenvalue weighted by atomic mass is 32.1. The van der Waals surface area contributed by atoms with Gasteiger partial charge in [-0.1, -0.05) is 6.42 Å². The number of hydrogen-bond acceptors (Lipinski definition) is 4. The first-order valence-corrected chi connectivity index (χ1v) is 9.87. The predicted molar refractivity (Wildman–Crippen MR) is 105 cm³/mol. The van der Waals surface area contributed by atoms with E-state index in [1.54, 1.807) is 0 Å². The predicted octanol–water partition coefficient (Wildman–Crippen LogP) is 4.17. The van der Waals surface area contributed by atoms with Crippen molar-refractivity contribution in [1.29, 1.82) is 0 Å². The summed E-state index contributed by atoms with van der Waals surface area (Å²) >= 11 is 1.49. The molecule has 1 amide bonds. The quantitative estimate of drug-likeness (QED) is 0.737. The lowest BCUT2D eigenvalue weighted by atomic mass is 10.1. The van der Waals surface area contributed by atoms with Crippen LogP contribution in [0.1, 0.15) is 35.3 Å². The number of hydrogen-bond donors (Lipinski definition) is 1. The van der Waals surface area contributed by atoms with E-state index in [0.29, 0.717) is 10.7 Å². The lowest BCUT2D eigenvalue weighted by Gasteiger charge is -2.25. The lowest BCUT2D eigenvalue weighted by molar-refractivity contribution is 0.102. The van der Waals surface area contributed by atoms with E-state index in [2.05, 4.69) is 15.2 Å². The zero-order valence-electron chi connectivity index (χ0n) is 14.6. The van der Waals surface area contributed by atoms with Crippen LogP contribution in [0, 0.1) is 0 Å². The molecule has 1 aliphatic rings. The average molecular weight is 366 g/mol. The smallest absolute Gasteiger partial charge is 0.257 e. The van der Waals surface area contributed by atoms with Gasteiger partial charge in [-0.2, -0.15) is 0 Å². The molecule has 4 rings (SSSR count). The van der Waals surface area contributed by atoms with Gasteiger partial charge in [-0.25, -0.2) is 4.98 Å². The number of nitrogens with one attached hydrogen (secondary N) is 1. The van der Waals surface area contributed by atoms with Crippen LogP contribution in [0.15, 0.2) is 54.2 Å². The molecular formula is C20H22N4OS. The highest BCUT2D eigenvalue weighted by Gasteiger charge is 2.14. The van der Waals surface area contributed by atoms with Gasteiger partial charge in [0.05, 0.1) is 5.69 Å². The average Bonchev–Trinajstić information content (AvgIpc) is 3.35. The van der Waals surface area contributed by atoms with Crippen LogP contribution in [0.25, 0.3) is 5.69 Å². The summed E-state index contributed by atoms with van der Waals surface area (Å²) in [6.45, 7) is 3.16. The number of amides is 1. The Hall–Kier alpha value is -2.44. The third-order valence-corrected chi connectivity index (χ3v) is 5.45. The van der Waals surface area contributed by atoms with Crippen LogP contribution >= 0.6 is 11.3 Å². The van der Waals surface area contributed by atoms with Crippen LogP contribution in [0.5, 0.6) is 0 Å². The van der Waals surface area contributed by atoms with Crippen molar-refractivity contribution in [3.8, 4) is 5.69 Å². The molecule has 0 aliphatic carbocycles. The summed E-state index contributed by atoms with van der Waals surface area (Å²) in [5.41, 5.74) is 2.70. The minimum Gasteiger partial charge on any atom is -0.324 e. The molecule has 0 atom stereocenters. The summed E-state index contributed by atoms with van der Waals surface area (Å²) in [5.74, 6) is -0.122. The monoisotopic (exact) mass is 366 g/mol. The maximum atomic E-state index is 12.4. The Kier molecular flexibility index (Phi) is 5.13. The van der Waals surface area contributed by atoms with Gasteiger partial charge in [0.15, 0.2) is 5.13 Å². The van der Waals surface area contributed by atoms with Gasteiger partial charge in [0.2, 0.25) is 0 Å². The second-order valence-corrected chi connectivity index (χ2v) is 7.43. The van der Waals surface area contributed by atoms with Crippen molar-refractivity contribution in [2.45, 2.75) is 25.8 Å². The van der Waals surface area contributed by atoms with Crippen molar-refractivity contribution in [2.24, 2.45) is 0 Å². The number of thiazole rings is 1. The van der Waals surface area contributed by atoms with Gasteiger partial charge in [0.25, 0.3) is 5.91 Å². The number of aromatic nitrogens is 2. The Balaban J connectivity index is 1.37. The van der Waals surface area contributed by atoms with Crippen molar-refractivity contribution < 1.29 is 4.79 Å². The molecule has 0 unspecified atom stereocenters. The van der Waals surface area contributed by atoms with Crippen molar-refractivity contribution in [3.05, 3.63) is 65.4 Å². The van der Waals surface area contributed by atoms with E-state index >= 15 is 0 Å². The maximum Gasteiger partial charge on any atom is 0.257 e. The zero-order valence-corrected chi connectivity index (χ0v) is 15.4. The fraction of sp³-hybridized carbons (Fsp3) is 0.300. The molecule has 2 aromatic heterocycles. The SMILES string of the molecule is O=C(Nc1nc(CN2CCCCC2)cs1)c1ccc(-n2cccc2)cc1. The molecule has 1 aliphatic heterocycles. The molecule has 0 spiro atoms. The zero-order chi connectivity index (χ0) is 17.8. The molecule has 134 valence electrons. The summed E-state index contributed by atoms with van der Waals surface area (Å²) in [5, 5.41) is 5.62. The minimum absolute atomic E-state index is 0.122. The number of rotatable bonds is 5. The Morgan fingerprint density at radius 3 is 2.54 bits per heavy atom. The topological polar surface area (TPSA) is 50.2 Å². The molecule has 1 saturated heterocycles. The number of nitrogens with zero attached hydrogens (tertiary/aromatic N) is 3. The summed E-state index contributed by atoms with van der Waals surface area (Å²) in [4.78, 5) is 19.5. The summed E-state index contributed by atoms with van der Waals surface area (Å²) in [7, 11) is 0. The van der Waals surface area contributed by atoms with Gasteiger partial charge in [-0.05, 0) is 62.3 Å². The number of anilines is 1. The minimum atomic E-state index is -0.122. The normalized spacial score (nSPS) is 15.1. The summed E-state index contributed by atoms with van der Waals surface area (Å²) < 4.78 is 2.01. The molecule has 3 heterocycles. The van der Waals surface area contributed by atoms with Crippen molar-refractivity contribution in [3.63, 3.8) is 0 Å². The van der Waals surface area contributed by atoms with Crippen molar-refractivity contribution in [1.82, 2.24) is 14.5 Å². The fourth-order valence-corrected chi connectivity index (χ4v) is 3.94. The molecule has 1 aromatic carbocycles. The van der Waals surface area contributed by atoms with Gasteiger partial charge in [-0.3, -0.25) is 15.0 Å². The number of benzene rings is 1. The van der Waals surface area contributed by atoms with E-state index in [4.69, 9.17) is 0 Å². The fourth-order valence-electron chi connectivity index (χ4n) is 3.24. The Labute approximate surface area is 157 Å². The van der Waals surface area contributed by atoms with E-state index in [1.807, 2.05) is 58.7 Å². The van der Waals surface area contributed by atoms with Gasteiger partial charge < -0.3 is 4.57 Å². The first-order chi connectivity index (χ1) is 12.8. The molecule has 1 N–H and O–H groups in total. The first kappa shape index (κ1) is 17.0. The van der Waals surface area contributed by atoms with Gasteiger partial charge in [0.1, 0.15) is 0 Å². The molecular weight excluding hydrogens is 344 g/mol. The Morgan fingerprint density at radius 1 is 1.08 bits per heavy atom. The molecule has 6 heteroatoms. The summed E-state index contributed by atoms with van der Waals surface area (Å²) in [6.07, 6.45) is 7.83. The second kappa shape index (κ2) is 7.85. The number of likely N-dealkylation sites (tertiary alicyclic amines) is 1. The number of piperidine rings is 1. The van der Waals surface area contributed by atoms with Crippen LogP contribution in [0.2, 0.25) is 0 Å². The molecule has 0 radical (unpaired) electrons. The molecule has 3 aromatic rings. The molecule has 1 fully saturated rings. The van der Waals surface area contributed by atoms with Crippen LogP contribution < -0.4 is 5.32 Å². The maximum absolute atomic E-state index is 12.4. The standard InChI is InChI=1S/C20H22N4OS/c25-19(16-6-8-18(9-7-16)24-12-4-5-13-24)22-20-21-17(15-26-20)14-23-10-2-1-3-11-23/h4-9,12-13,15H,1-3,10-11,14H2,(H,21,22,25). The van der Waals surface area contributed by atoms with Gasteiger partial charge >= 0.3 is 0 Å². The Bertz CT molecular complexity index is 848. The van der Waals surface area contributed by atoms with E-state index in [1.165, 1.54) is 30.6 Å². The molecule has 26 heavy (non-hydrogen) atoms. The first-order valence-electron chi connectivity index (χ1n) is 8.99. The van der Waals surface area contributed by atoms with Crippen LogP contribution in [-0.2, 0) is 6.54 Å². The number of carbonyl (C=O) groups is 1. The van der Waals surface area contributed by atoms with E-state index < -0.39 is 0 Å². The highest BCUT2D eigenvalue weighted by Crippen LogP contribution is 2.20. The number of carbonyl (C=O) groups excluding carboxylic acids is 1. The third kappa shape index (κ3) is 4.03. The molecule has 0 bridgehead atoms. The largest absolute Gasteiger partial charge is 0.324 e.